The van der Waals surface area contributed by atoms with Gasteiger partial charge in [0.15, 0.2) is 5.82 Å². The van der Waals surface area contributed by atoms with Gasteiger partial charge in [0.25, 0.3) is 0 Å². The zero-order chi connectivity index (χ0) is 22.6. The minimum absolute atomic E-state index is 0.0988. The lowest BCUT2D eigenvalue weighted by atomic mass is 10.0. The van der Waals surface area contributed by atoms with E-state index in [4.69, 9.17) is 0 Å². The maximum atomic E-state index is 12.1. The standard InChI is InChI=1S/C25H28N6O2/c32-25(33)31(23-16-22(23)20-7-2-1-3-8-20)21-11-13-30(14-12-21)17-19-6-4-5-18(15-19)9-10-24-26-28-29-27-24/h1-10,15,21-23H,11-14,16-17H2,(H,32,33)(H,26,27,28,29)/b10-9+. The molecule has 1 saturated heterocycles. The van der Waals surface area contributed by atoms with Crippen LogP contribution in [0, 0.1) is 0 Å². The Morgan fingerprint density at radius 2 is 1.94 bits per heavy atom. The van der Waals surface area contributed by atoms with Gasteiger partial charge in [-0.1, -0.05) is 60.7 Å². The van der Waals surface area contributed by atoms with Gasteiger partial charge in [0, 0.05) is 37.6 Å². The number of nitrogens with zero attached hydrogens (tertiary/aromatic N) is 5. The number of hydrogen-bond donors (Lipinski definition) is 2. The molecule has 2 heterocycles. The van der Waals surface area contributed by atoms with Gasteiger partial charge in [-0.2, -0.15) is 5.21 Å². The highest BCUT2D eigenvalue weighted by atomic mass is 16.4. The van der Waals surface area contributed by atoms with Crippen LogP contribution in [0.1, 0.15) is 47.7 Å². The van der Waals surface area contributed by atoms with Crippen LogP contribution in [0.2, 0.25) is 0 Å². The molecule has 1 aliphatic carbocycles. The highest BCUT2D eigenvalue weighted by Gasteiger charge is 2.47. The molecule has 0 bridgehead atoms. The van der Waals surface area contributed by atoms with Gasteiger partial charge in [-0.05, 0) is 47.2 Å². The van der Waals surface area contributed by atoms with Crippen molar-refractivity contribution in [1.82, 2.24) is 30.4 Å². The number of likely N-dealkylation sites (tertiary alicyclic amines) is 1. The predicted molar refractivity (Wildman–Crippen MR) is 125 cm³/mol. The number of H-pyrrole nitrogens is 1. The van der Waals surface area contributed by atoms with Crippen LogP contribution in [-0.2, 0) is 6.54 Å². The topological polar surface area (TPSA) is 98.2 Å². The fraction of sp³-hybridized carbons (Fsp3) is 0.360. The summed E-state index contributed by atoms with van der Waals surface area (Å²) in [5.74, 6) is 0.888. The van der Waals surface area contributed by atoms with Crippen molar-refractivity contribution in [2.24, 2.45) is 0 Å². The number of aromatic nitrogens is 4. The molecule has 2 aliphatic rings. The van der Waals surface area contributed by atoms with Crippen LogP contribution < -0.4 is 0 Å². The van der Waals surface area contributed by atoms with Gasteiger partial charge >= 0.3 is 6.09 Å². The van der Waals surface area contributed by atoms with Gasteiger partial charge in [0.2, 0.25) is 0 Å². The molecule has 1 aromatic heterocycles. The average molecular weight is 445 g/mol. The van der Waals surface area contributed by atoms with E-state index in [1.165, 1.54) is 11.1 Å². The molecular formula is C25H28N6O2. The molecule has 0 spiro atoms. The summed E-state index contributed by atoms with van der Waals surface area (Å²) in [6.07, 6.45) is 5.71. The first-order valence-corrected chi connectivity index (χ1v) is 11.5. The molecule has 5 rings (SSSR count). The third-order valence-corrected chi connectivity index (χ3v) is 6.66. The first kappa shape index (κ1) is 21.3. The molecule has 3 aromatic rings. The molecule has 1 aliphatic heterocycles. The number of tetrazole rings is 1. The van der Waals surface area contributed by atoms with Crippen molar-refractivity contribution in [2.75, 3.05) is 13.1 Å². The molecule has 0 radical (unpaired) electrons. The van der Waals surface area contributed by atoms with Gasteiger partial charge in [-0.3, -0.25) is 4.90 Å². The lowest BCUT2D eigenvalue weighted by molar-refractivity contribution is 0.0834. The first-order valence-electron chi connectivity index (χ1n) is 11.5. The Morgan fingerprint density at radius 1 is 1.12 bits per heavy atom. The van der Waals surface area contributed by atoms with Gasteiger partial charge in [0.05, 0.1) is 0 Å². The Hall–Kier alpha value is -3.52. The molecule has 2 atom stereocenters. The molecule has 2 fully saturated rings. The second kappa shape index (κ2) is 9.54. The zero-order valence-corrected chi connectivity index (χ0v) is 18.4. The highest BCUT2D eigenvalue weighted by Crippen LogP contribution is 2.46. The number of amides is 1. The van der Waals surface area contributed by atoms with Crippen molar-refractivity contribution < 1.29 is 9.90 Å². The normalized spacial score (nSPS) is 21.3. The molecule has 1 saturated carbocycles. The number of hydrogen-bond acceptors (Lipinski definition) is 5. The molecule has 170 valence electrons. The van der Waals surface area contributed by atoms with Gasteiger partial charge in [-0.15, -0.1) is 10.2 Å². The fourth-order valence-corrected chi connectivity index (χ4v) is 4.94. The lowest BCUT2D eigenvalue weighted by Crippen LogP contribution is -2.48. The van der Waals surface area contributed by atoms with Crippen molar-refractivity contribution in [2.45, 2.75) is 43.8 Å². The number of rotatable bonds is 7. The zero-order valence-electron chi connectivity index (χ0n) is 18.4. The van der Waals surface area contributed by atoms with Crippen LogP contribution in [0.5, 0.6) is 0 Å². The quantitative estimate of drug-likeness (QED) is 0.574. The van der Waals surface area contributed by atoms with Crippen molar-refractivity contribution in [1.29, 1.82) is 0 Å². The van der Waals surface area contributed by atoms with Crippen molar-refractivity contribution in [3.63, 3.8) is 0 Å². The fourth-order valence-electron chi connectivity index (χ4n) is 4.94. The number of benzene rings is 2. The smallest absolute Gasteiger partial charge is 0.407 e. The van der Waals surface area contributed by atoms with Crippen LogP contribution in [0.15, 0.2) is 54.6 Å². The van der Waals surface area contributed by atoms with Gasteiger partial charge in [0.1, 0.15) is 0 Å². The van der Waals surface area contributed by atoms with E-state index < -0.39 is 6.09 Å². The minimum Gasteiger partial charge on any atom is -0.465 e. The summed E-state index contributed by atoms with van der Waals surface area (Å²) < 4.78 is 0. The minimum atomic E-state index is -0.780. The highest BCUT2D eigenvalue weighted by molar-refractivity contribution is 5.67. The maximum Gasteiger partial charge on any atom is 0.407 e. The Morgan fingerprint density at radius 3 is 2.67 bits per heavy atom. The summed E-state index contributed by atoms with van der Waals surface area (Å²) in [7, 11) is 0. The van der Waals surface area contributed by atoms with Crippen molar-refractivity contribution in [3.8, 4) is 0 Å². The summed E-state index contributed by atoms with van der Waals surface area (Å²) >= 11 is 0. The Kier molecular flexibility index (Phi) is 6.17. The molecule has 2 N–H and O–H groups in total. The molecular weight excluding hydrogens is 416 g/mol. The molecule has 33 heavy (non-hydrogen) atoms. The second-order valence-electron chi connectivity index (χ2n) is 8.87. The largest absolute Gasteiger partial charge is 0.465 e. The molecule has 2 aromatic carbocycles. The van der Waals surface area contributed by atoms with E-state index >= 15 is 0 Å². The second-order valence-corrected chi connectivity index (χ2v) is 8.87. The van der Waals surface area contributed by atoms with E-state index in [1.54, 1.807) is 4.90 Å². The van der Waals surface area contributed by atoms with Crippen molar-refractivity contribution in [3.05, 3.63) is 77.1 Å². The number of aromatic amines is 1. The molecule has 1 amide bonds. The van der Waals surface area contributed by atoms with Gasteiger partial charge < -0.3 is 10.0 Å². The van der Waals surface area contributed by atoms with E-state index in [2.05, 4.69) is 61.9 Å². The SMILES string of the molecule is O=C(O)N(C1CCN(Cc2cccc(/C=C/c3nn[nH]n3)c2)CC1)C1CC1c1ccccc1. The maximum absolute atomic E-state index is 12.1. The number of nitrogens with one attached hydrogen (secondary N) is 1. The Bertz CT molecular complexity index is 1090. The number of carbonyl (C=O) groups is 1. The summed E-state index contributed by atoms with van der Waals surface area (Å²) in [4.78, 5) is 16.3. The Labute approximate surface area is 192 Å². The summed E-state index contributed by atoms with van der Waals surface area (Å²) in [5, 5.41) is 23.8. The lowest BCUT2D eigenvalue weighted by Gasteiger charge is -2.37. The van der Waals surface area contributed by atoms with Gasteiger partial charge in [-0.25, -0.2) is 4.79 Å². The van der Waals surface area contributed by atoms with E-state index in [9.17, 15) is 9.90 Å². The van der Waals surface area contributed by atoms with E-state index in [0.29, 0.717) is 11.7 Å². The van der Waals surface area contributed by atoms with Crippen LogP contribution in [0.4, 0.5) is 4.79 Å². The molecule has 2 unspecified atom stereocenters. The van der Waals surface area contributed by atoms with E-state index in [0.717, 1.165) is 44.5 Å². The number of carboxylic acid groups (broad SMARTS) is 1. The molecule has 8 heteroatoms. The van der Waals surface area contributed by atoms with Crippen LogP contribution in [-0.4, -0.2) is 66.8 Å². The number of piperidine rings is 1. The third-order valence-electron chi connectivity index (χ3n) is 6.66. The van der Waals surface area contributed by atoms with E-state index in [1.807, 2.05) is 30.4 Å². The first-order chi connectivity index (χ1) is 16.2. The predicted octanol–water partition coefficient (Wildman–Crippen LogP) is 3.87. The van der Waals surface area contributed by atoms with Crippen LogP contribution in [0.25, 0.3) is 12.2 Å². The van der Waals surface area contributed by atoms with E-state index in [-0.39, 0.29) is 12.1 Å². The molecule has 8 nitrogen and oxygen atoms in total. The van der Waals surface area contributed by atoms with Crippen molar-refractivity contribution >= 4 is 18.2 Å². The average Bonchev–Trinajstić information content (AvgIpc) is 3.42. The Balaban J connectivity index is 1.16. The summed E-state index contributed by atoms with van der Waals surface area (Å²) in [6, 6.07) is 18.9. The van der Waals surface area contributed by atoms with Crippen LogP contribution >= 0.6 is 0 Å². The summed E-state index contributed by atoms with van der Waals surface area (Å²) in [5.41, 5.74) is 3.58. The third kappa shape index (κ3) is 5.12. The monoisotopic (exact) mass is 444 g/mol. The summed E-state index contributed by atoms with van der Waals surface area (Å²) in [6.45, 7) is 2.67. The van der Waals surface area contributed by atoms with Crippen LogP contribution in [0.3, 0.4) is 0 Å².